The van der Waals surface area contributed by atoms with Crippen LogP contribution >= 0.6 is 0 Å². The molecular weight excluding hydrogens is 356 g/mol. The summed E-state index contributed by atoms with van der Waals surface area (Å²) < 4.78 is 12.6. The molecule has 6 rings (SSSR count). The summed E-state index contributed by atoms with van der Waals surface area (Å²) in [6.45, 7) is 0. The molecule has 1 aliphatic rings. The number of furan rings is 1. The van der Waals surface area contributed by atoms with Crippen molar-refractivity contribution in [3.05, 3.63) is 120 Å². The van der Waals surface area contributed by atoms with Gasteiger partial charge in [-0.15, -0.1) is 0 Å². The molecule has 5 aromatic rings. The van der Waals surface area contributed by atoms with Crippen LogP contribution in [0.5, 0.6) is 5.75 Å². The highest BCUT2D eigenvalue weighted by molar-refractivity contribution is 6.06. The Morgan fingerprint density at radius 3 is 2.38 bits per heavy atom. The highest BCUT2D eigenvalue weighted by atomic mass is 16.5. The minimum atomic E-state index is 0.00122. The van der Waals surface area contributed by atoms with Crippen molar-refractivity contribution in [2.24, 2.45) is 0 Å². The van der Waals surface area contributed by atoms with Crippen LogP contribution < -0.4 is 4.74 Å². The van der Waals surface area contributed by atoms with E-state index in [1.807, 2.05) is 30.3 Å². The van der Waals surface area contributed by atoms with E-state index in [0.717, 1.165) is 39.4 Å². The molecule has 0 N–H and O–H groups in total. The molecule has 1 unspecified atom stereocenters. The van der Waals surface area contributed by atoms with Gasteiger partial charge in [0.1, 0.15) is 22.9 Å². The number of benzene rings is 4. The fourth-order valence-electron chi connectivity index (χ4n) is 4.18. The molecule has 2 heterocycles. The normalized spacial score (nSPS) is 15.7. The average Bonchev–Trinajstić information content (AvgIpc) is 3.24. The Labute approximate surface area is 168 Å². The summed E-state index contributed by atoms with van der Waals surface area (Å²) in [5.41, 5.74) is 3.10. The second-order valence-corrected chi connectivity index (χ2v) is 7.36. The third kappa shape index (κ3) is 2.65. The van der Waals surface area contributed by atoms with Crippen molar-refractivity contribution in [1.82, 2.24) is 0 Å². The minimum Gasteiger partial charge on any atom is -0.460 e. The Morgan fingerprint density at radius 2 is 1.45 bits per heavy atom. The Balaban J connectivity index is 1.56. The molecule has 29 heavy (non-hydrogen) atoms. The Hall–Kier alpha value is -3.78. The maximum atomic E-state index is 6.36. The van der Waals surface area contributed by atoms with Gasteiger partial charge in [-0.2, -0.15) is 0 Å². The van der Waals surface area contributed by atoms with E-state index in [-0.39, 0.29) is 5.92 Å². The van der Waals surface area contributed by atoms with Gasteiger partial charge in [0.2, 0.25) is 0 Å². The van der Waals surface area contributed by atoms with Crippen LogP contribution in [0, 0.1) is 0 Å². The Morgan fingerprint density at radius 1 is 0.655 bits per heavy atom. The number of rotatable bonds is 2. The number of hydrogen-bond donors (Lipinski definition) is 0. The number of hydrogen-bond acceptors (Lipinski definition) is 2. The monoisotopic (exact) mass is 374 g/mol. The molecular formula is C27H18O2. The van der Waals surface area contributed by atoms with E-state index >= 15 is 0 Å². The lowest BCUT2D eigenvalue weighted by Gasteiger charge is -2.24. The SMILES string of the molecule is C1=C(c2ccccc2)Oc2ccccc2C1c1cc2c(ccc3ccccc32)o1. The highest BCUT2D eigenvalue weighted by Crippen LogP contribution is 2.42. The molecule has 138 valence electrons. The average molecular weight is 374 g/mol. The van der Waals surface area contributed by atoms with Crippen molar-refractivity contribution in [2.45, 2.75) is 5.92 Å². The van der Waals surface area contributed by atoms with Crippen molar-refractivity contribution in [1.29, 1.82) is 0 Å². The summed E-state index contributed by atoms with van der Waals surface area (Å²) in [6, 6.07) is 33.2. The zero-order chi connectivity index (χ0) is 19.2. The van der Waals surface area contributed by atoms with Crippen LogP contribution in [0.25, 0.3) is 27.5 Å². The smallest absolute Gasteiger partial charge is 0.134 e. The second-order valence-electron chi connectivity index (χ2n) is 7.36. The van der Waals surface area contributed by atoms with Crippen LogP contribution in [0.1, 0.15) is 22.8 Å². The molecule has 2 heteroatoms. The molecule has 4 aromatic carbocycles. The number of ether oxygens (including phenoxy) is 1. The first-order valence-electron chi connectivity index (χ1n) is 9.82. The highest BCUT2D eigenvalue weighted by Gasteiger charge is 2.26. The molecule has 2 nitrogen and oxygen atoms in total. The molecule has 1 aliphatic heterocycles. The van der Waals surface area contributed by atoms with E-state index < -0.39 is 0 Å². The third-order valence-corrected chi connectivity index (χ3v) is 5.60. The first-order chi connectivity index (χ1) is 14.4. The Kier molecular flexibility index (Phi) is 3.57. The fraction of sp³-hybridized carbons (Fsp3) is 0.0370. The van der Waals surface area contributed by atoms with Crippen molar-refractivity contribution in [3.63, 3.8) is 0 Å². The Bertz CT molecular complexity index is 1380. The molecule has 0 saturated carbocycles. The molecule has 1 atom stereocenters. The van der Waals surface area contributed by atoms with E-state index in [0.29, 0.717) is 0 Å². The summed E-state index contributed by atoms with van der Waals surface area (Å²) in [4.78, 5) is 0. The maximum Gasteiger partial charge on any atom is 0.134 e. The van der Waals surface area contributed by atoms with E-state index in [4.69, 9.17) is 9.15 Å². The molecule has 0 bridgehead atoms. The largest absolute Gasteiger partial charge is 0.460 e. The molecule has 0 aliphatic carbocycles. The van der Waals surface area contributed by atoms with Crippen LogP contribution in [-0.4, -0.2) is 0 Å². The molecule has 0 fully saturated rings. The topological polar surface area (TPSA) is 22.4 Å². The van der Waals surface area contributed by atoms with Crippen LogP contribution in [0.3, 0.4) is 0 Å². The van der Waals surface area contributed by atoms with Gasteiger partial charge in [0.05, 0.1) is 5.92 Å². The molecule has 0 spiro atoms. The third-order valence-electron chi connectivity index (χ3n) is 5.60. The van der Waals surface area contributed by atoms with Crippen molar-refractivity contribution >= 4 is 27.5 Å². The quantitative estimate of drug-likeness (QED) is 0.327. The van der Waals surface area contributed by atoms with Gasteiger partial charge in [0.25, 0.3) is 0 Å². The lowest BCUT2D eigenvalue weighted by molar-refractivity contribution is 0.475. The van der Waals surface area contributed by atoms with Gasteiger partial charge in [-0.25, -0.2) is 0 Å². The summed E-state index contributed by atoms with van der Waals surface area (Å²) in [5.74, 6) is 2.67. The van der Waals surface area contributed by atoms with Gasteiger partial charge < -0.3 is 9.15 Å². The maximum absolute atomic E-state index is 6.36. The summed E-state index contributed by atoms with van der Waals surface area (Å²) >= 11 is 0. The van der Waals surface area contributed by atoms with E-state index in [1.165, 1.54) is 10.8 Å². The van der Waals surface area contributed by atoms with Gasteiger partial charge in [-0.05, 0) is 35.0 Å². The predicted molar refractivity (Wildman–Crippen MR) is 117 cm³/mol. The van der Waals surface area contributed by atoms with Gasteiger partial charge in [0.15, 0.2) is 0 Å². The summed E-state index contributed by atoms with van der Waals surface area (Å²) in [6.07, 6.45) is 2.16. The predicted octanol–water partition coefficient (Wildman–Crippen LogP) is 7.15. The summed E-state index contributed by atoms with van der Waals surface area (Å²) in [7, 11) is 0. The lowest BCUT2D eigenvalue weighted by atomic mass is 9.91. The van der Waals surface area contributed by atoms with Crippen molar-refractivity contribution < 1.29 is 9.15 Å². The minimum absolute atomic E-state index is 0.00122. The number of allylic oxidation sites excluding steroid dienone is 1. The number of fused-ring (bicyclic) bond motifs is 4. The standard InChI is InChI=1S/C27H18O2/c1-2-9-19(10-3-1)26-16-23(21-12-6-7-13-24(21)28-26)27-17-22-20-11-5-4-8-18(20)14-15-25(22)29-27/h1-17,23H. The zero-order valence-corrected chi connectivity index (χ0v) is 15.7. The van der Waals surface area contributed by atoms with Crippen LogP contribution in [0.2, 0.25) is 0 Å². The molecule has 0 saturated heterocycles. The van der Waals surface area contributed by atoms with Gasteiger partial charge >= 0.3 is 0 Å². The van der Waals surface area contributed by atoms with Gasteiger partial charge in [-0.3, -0.25) is 0 Å². The van der Waals surface area contributed by atoms with Crippen molar-refractivity contribution in [3.8, 4) is 5.75 Å². The molecule has 1 aromatic heterocycles. The fourth-order valence-corrected chi connectivity index (χ4v) is 4.18. The second kappa shape index (κ2) is 6.39. The zero-order valence-electron chi connectivity index (χ0n) is 15.7. The van der Waals surface area contributed by atoms with Crippen LogP contribution in [-0.2, 0) is 0 Å². The van der Waals surface area contributed by atoms with Gasteiger partial charge in [-0.1, -0.05) is 78.9 Å². The van der Waals surface area contributed by atoms with Crippen LogP contribution in [0.15, 0.2) is 108 Å². The van der Waals surface area contributed by atoms with E-state index in [2.05, 4.69) is 72.8 Å². The van der Waals surface area contributed by atoms with E-state index in [1.54, 1.807) is 0 Å². The lowest BCUT2D eigenvalue weighted by Crippen LogP contribution is -2.09. The van der Waals surface area contributed by atoms with Crippen molar-refractivity contribution in [2.75, 3.05) is 0 Å². The first-order valence-corrected chi connectivity index (χ1v) is 9.82. The molecule has 0 radical (unpaired) electrons. The number of para-hydroxylation sites is 1. The van der Waals surface area contributed by atoms with Crippen LogP contribution in [0.4, 0.5) is 0 Å². The van der Waals surface area contributed by atoms with Gasteiger partial charge in [0, 0.05) is 16.5 Å². The van der Waals surface area contributed by atoms with E-state index in [9.17, 15) is 0 Å². The molecule has 0 amide bonds. The first kappa shape index (κ1) is 16.2. The summed E-state index contributed by atoms with van der Waals surface area (Å²) in [5, 5.41) is 3.59.